The first kappa shape index (κ1) is 12.7. The second kappa shape index (κ2) is 5.25. The number of aromatic nitrogens is 1. The van der Waals surface area contributed by atoms with E-state index >= 15 is 0 Å². The molecule has 1 aromatic carbocycles. The highest BCUT2D eigenvalue weighted by atomic mass is 19.3. The largest absolute Gasteiger partial charge is 0.384 e. The predicted molar refractivity (Wildman–Crippen MR) is 65.4 cm³/mol. The summed E-state index contributed by atoms with van der Waals surface area (Å²) in [6.45, 7) is 2.64. The van der Waals surface area contributed by atoms with Crippen molar-refractivity contribution in [2.45, 2.75) is 19.8 Å². The van der Waals surface area contributed by atoms with Crippen LogP contribution in [0.15, 0.2) is 24.3 Å². The summed E-state index contributed by atoms with van der Waals surface area (Å²) < 4.78 is 38.5. The van der Waals surface area contributed by atoms with Crippen molar-refractivity contribution in [3.63, 3.8) is 0 Å². The summed E-state index contributed by atoms with van der Waals surface area (Å²) in [4.78, 5) is 3.77. The predicted octanol–water partition coefficient (Wildman–Crippen LogP) is 4.13. The Bertz CT molecular complexity index is 555. The Labute approximate surface area is 103 Å². The number of pyridine rings is 1. The monoisotopic (exact) mass is 254 g/mol. The third-order valence-corrected chi connectivity index (χ3v) is 2.58. The van der Waals surface area contributed by atoms with Crippen LogP contribution in [0.3, 0.4) is 0 Å². The van der Waals surface area contributed by atoms with Crippen molar-refractivity contribution in [3.05, 3.63) is 35.8 Å². The third kappa shape index (κ3) is 2.55. The third-order valence-electron chi connectivity index (χ3n) is 2.58. The van der Waals surface area contributed by atoms with Gasteiger partial charge in [-0.3, -0.25) is 0 Å². The van der Waals surface area contributed by atoms with Crippen molar-refractivity contribution < 1.29 is 13.2 Å². The van der Waals surface area contributed by atoms with Gasteiger partial charge in [0.2, 0.25) is 0 Å². The lowest BCUT2D eigenvalue weighted by Gasteiger charge is -2.11. The van der Waals surface area contributed by atoms with E-state index in [0.29, 0.717) is 17.6 Å². The van der Waals surface area contributed by atoms with Gasteiger partial charge in [-0.15, -0.1) is 0 Å². The normalized spacial score (nSPS) is 11.2. The van der Waals surface area contributed by atoms with Crippen LogP contribution in [0, 0.1) is 5.82 Å². The first-order valence-electron chi connectivity index (χ1n) is 5.74. The molecule has 2 aromatic rings. The van der Waals surface area contributed by atoms with Gasteiger partial charge in [-0.1, -0.05) is 6.92 Å². The number of nitrogens with zero attached hydrogens (tertiary/aromatic N) is 1. The molecule has 96 valence electrons. The molecule has 0 amide bonds. The van der Waals surface area contributed by atoms with Gasteiger partial charge in [0, 0.05) is 23.7 Å². The Balaban J connectivity index is 2.57. The fourth-order valence-electron chi connectivity index (χ4n) is 1.74. The first-order chi connectivity index (χ1) is 8.61. The van der Waals surface area contributed by atoms with Gasteiger partial charge >= 0.3 is 0 Å². The van der Waals surface area contributed by atoms with Crippen LogP contribution in [0.1, 0.15) is 25.5 Å². The van der Waals surface area contributed by atoms with Crippen LogP contribution >= 0.6 is 0 Å². The number of hydrogen-bond donors (Lipinski definition) is 1. The van der Waals surface area contributed by atoms with Crippen LogP contribution in [0.2, 0.25) is 0 Å². The summed E-state index contributed by atoms with van der Waals surface area (Å²) in [6, 6.07) is 5.33. The van der Waals surface area contributed by atoms with E-state index in [1.54, 1.807) is 6.07 Å². The molecule has 0 unspecified atom stereocenters. The highest BCUT2D eigenvalue weighted by Crippen LogP contribution is 2.28. The van der Waals surface area contributed by atoms with Gasteiger partial charge in [0.15, 0.2) is 0 Å². The van der Waals surface area contributed by atoms with E-state index in [2.05, 4.69) is 10.3 Å². The molecule has 1 N–H and O–H groups in total. The van der Waals surface area contributed by atoms with Gasteiger partial charge in [0.05, 0.1) is 5.52 Å². The Hall–Kier alpha value is -1.78. The number of rotatable bonds is 4. The minimum atomic E-state index is -2.67. The zero-order valence-corrected chi connectivity index (χ0v) is 9.88. The summed E-state index contributed by atoms with van der Waals surface area (Å²) in [7, 11) is 0. The maximum absolute atomic E-state index is 13.1. The van der Waals surface area contributed by atoms with Crippen LogP contribution in [0.25, 0.3) is 10.9 Å². The van der Waals surface area contributed by atoms with Crippen molar-refractivity contribution in [1.82, 2.24) is 4.98 Å². The molecule has 0 aliphatic heterocycles. The maximum Gasteiger partial charge on any atom is 0.280 e. The molecule has 0 saturated carbocycles. The molecular formula is C13H13F3N2. The molecule has 2 nitrogen and oxygen atoms in total. The number of fused-ring (bicyclic) bond motifs is 1. The summed E-state index contributed by atoms with van der Waals surface area (Å²) in [6.07, 6.45) is -1.80. The van der Waals surface area contributed by atoms with Crippen molar-refractivity contribution in [3.8, 4) is 0 Å². The number of alkyl halides is 2. The van der Waals surface area contributed by atoms with E-state index < -0.39 is 12.2 Å². The fourth-order valence-corrected chi connectivity index (χ4v) is 1.74. The van der Waals surface area contributed by atoms with Gasteiger partial charge < -0.3 is 5.32 Å². The zero-order chi connectivity index (χ0) is 13.1. The molecule has 18 heavy (non-hydrogen) atoms. The number of benzene rings is 1. The molecular weight excluding hydrogens is 241 g/mol. The number of anilines is 1. The molecule has 2 rings (SSSR count). The lowest BCUT2D eigenvalue weighted by Crippen LogP contribution is -2.03. The van der Waals surface area contributed by atoms with E-state index in [1.807, 2.05) is 6.92 Å². The van der Waals surface area contributed by atoms with Crippen LogP contribution in [-0.4, -0.2) is 11.5 Å². The molecule has 0 atom stereocenters. The molecule has 0 saturated heterocycles. The van der Waals surface area contributed by atoms with Crippen LogP contribution in [0.5, 0.6) is 0 Å². The van der Waals surface area contributed by atoms with Gasteiger partial charge in [0.1, 0.15) is 11.5 Å². The molecule has 0 aliphatic rings. The second-order valence-corrected chi connectivity index (χ2v) is 3.98. The van der Waals surface area contributed by atoms with Crippen LogP contribution < -0.4 is 5.32 Å². The van der Waals surface area contributed by atoms with Crippen molar-refractivity contribution in [2.75, 3.05) is 11.9 Å². The van der Waals surface area contributed by atoms with E-state index in [4.69, 9.17) is 0 Å². The minimum Gasteiger partial charge on any atom is -0.384 e. The molecule has 0 aliphatic carbocycles. The van der Waals surface area contributed by atoms with Crippen LogP contribution in [0.4, 0.5) is 18.9 Å². The van der Waals surface area contributed by atoms with E-state index in [-0.39, 0.29) is 11.2 Å². The Morgan fingerprint density at radius 1 is 1.28 bits per heavy atom. The molecule has 1 heterocycles. The Morgan fingerprint density at radius 3 is 2.72 bits per heavy atom. The number of hydrogen-bond acceptors (Lipinski definition) is 2. The number of nitrogens with one attached hydrogen (secondary N) is 1. The van der Waals surface area contributed by atoms with E-state index in [9.17, 15) is 13.2 Å². The first-order valence-corrected chi connectivity index (χ1v) is 5.74. The van der Waals surface area contributed by atoms with Crippen molar-refractivity contribution in [2.24, 2.45) is 0 Å². The highest BCUT2D eigenvalue weighted by molar-refractivity contribution is 5.91. The van der Waals surface area contributed by atoms with E-state index in [0.717, 1.165) is 6.42 Å². The summed E-state index contributed by atoms with van der Waals surface area (Å²) in [5.74, 6) is -0.483. The summed E-state index contributed by atoms with van der Waals surface area (Å²) >= 11 is 0. The minimum absolute atomic E-state index is 0.242. The molecule has 1 aromatic heterocycles. The average molecular weight is 254 g/mol. The van der Waals surface area contributed by atoms with Crippen molar-refractivity contribution >= 4 is 16.6 Å². The zero-order valence-electron chi connectivity index (χ0n) is 9.88. The van der Waals surface area contributed by atoms with Gasteiger partial charge in [-0.05, 0) is 24.6 Å². The molecule has 0 radical (unpaired) electrons. The molecule has 0 bridgehead atoms. The smallest absolute Gasteiger partial charge is 0.280 e. The molecule has 5 heteroatoms. The van der Waals surface area contributed by atoms with Crippen LogP contribution in [-0.2, 0) is 0 Å². The summed E-state index contributed by atoms with van der Waals surface area (Å²) in [5, 5.41) is 3.70. The Morgan fingerprint density at radius 2 is 2.06 bits per heavy atom. The molecule has 0 fully saturated rings. The maximum atomic E-state index is 13.1. The van der Waals surface area contributed by atoms with Crippen molar-refractivity contribution in [1.29, 1.82) is 0 Å². The lowest BCUT2D eigenvalue weighted by atomic mass is 10.1. The SMILES string of the molecule is CCCNc1cc(C(F)F)nc2cc(F)ccc12. The fraction of sp³-hybridized carbons (Fsp3) is 0.308. The second-order valence-electron chi connectivity index (χ2n) is 3.98. The lowest BCUT2D eigenvalue weighted by molar-refractivity contribution is 0.146. The average Bonchev–Trinajstić information content (AvgIpc) is 2.34. The number of halogens is 3. The highest BCUT2D eigenvalue weighted by Gasteiger charge is 2.13. The van der Waals surface area contributed by atoms with Gasteiger partial charge in [-0.25, -0.2) is 18.2 Å². The molecule has 0 spiro atoms. The Kier molecular flexibility index (Phi) is 3.69. The van der Waals surface area contributed by atoms with E-state index in [1.165, 1.54) is 18.2 Å². The standard InChI is InChI=1S/C13H13F3N2/c1-2-5-17-10-7-12(13(15)16)18-11-6-8(14)3-4-9(10)11/h3-4,6-7,13H,2,5H2,1H3,(H,17,18). The van der Waals surface area contributed by atoms with Gasteiger partial charge in [0.25, 0.3) is 6.43 Å². The summed E-state index contributed by atoms with van der Waals surface area (Å²) in [5.41, 5.74) is 0.468. The quantitative estimate of drug-likeness (QED) is 0.887. The van der Waals surface area contributed by atoms with Gasteiger partial charge in [-0.2, -0.15) is 0 Å². The topological polar surface area (TPSA) is 24.9 Å².